The zero-order valence-electron chi connectivity index (χ0n) is 12.9. The SMILES string of the molecule is CCCc1cnc(C2Cc3ccccc3N2C(=O)C(C)O)[nH]1. The van der Waals surface area contributed by atoms with Gasteiger partial charge in [0.2, 0.25) is 0 Å². The maximum Gasteiger partial charge on any atom is 0.256 e. The van der Waals surface area contributed by atoms with Gasteiger partial charge in [0.1, 0.15) is 11.9 Å². The molecule has 0 radical (unpaired) electrons. The summed E-state index contributed by atoms with van der Waals surface area (Å²) in [6.07, 6.45) is 3.51. The molecule has 1 aromatic heterocycles. The highest BCUT2D eigenvalue weighted by molar-refractivity contribution is 5.98. The first-order valence-electron chi connectivity index (χ1n) is 7.74. The van der Waals surface area contributed by atoms with E-state index in [0.29, 0.717) is 6.42 Å². The second kappa shape index (κ2) is 5.93. The van der Waals surface area contributed by atoms with Crippen LogP contribution in [0.2, 0.25) is 0 Å². The van der Waals surface area contributed by atoms with Crippen LogP contribution < -0.4 is 4.90 Å². The Morgan fingerprint density at radius 3 is 3.00 bits per heavy atom. The van der Waals surface area contributed by atoms with Gasteiger partial charge < -0.3 is 10.1 Å². The number of hydrogen-bond donors (Lipinski definition) is 2. The van der Waals surface area contributed by atoms with Crippen molar-refractivity contribution in [3.8, 4) is 0 Å². The van der Waals surface area contributed by atoms with Gasteiger partial charge in [-0.2, -0.15) is 0 Å². The van der Waals surface area contributed by atoms with E-state index in [4.69, 9.17) is 0 Å². The number of benzene rings is 1. The van der Waals surface area contributed by atoms with Gasteiger partial charge in [-0.3, -0.25) is 9.69 Å². The quantitative estimate of drug-likeness (QED) is 0.910. The number of carbonyl (C=O) groups is 1. The molecule has 0 saturated heterocycles. The highest BCUT2D eigenvalue weighted by atomic mass is 16.3. The fourth-order valence-corrected chi connectivity index (χ4v) is 3.02. The largest absolute Gasteiger partial charge is 0.384 e. The molecule has 0 saturated carbocycles. The Balaban J connectivity index is 1.97. The van der Waals surface area contributed by atoms with Crippen LogP contribution >= 0.6 is 0 Å². The number of nitrogens with zero attached hydrogens (tertiary/aromatic N) is 2. The average molecular weight is 299 g/mol. The fraction of sp³-hybridized carbons (Fsp3) is 0.412. The average Bonchev–Trinajstić information content (AvgIpc) is 3.10. The molecule has 1 aliphatic heterocycles. The van der Waals surface area contributed by atoms with E-state index in [1.165, 1.54) is 6.92 Å². The number of fused-ring (bicyclic) bond motifs is 1. The molecule has 1 amide bonds. The summed E-state index contributed by atoms with van der Waals surface area (Å²) in [5.74, 6) is 0.497. The van der Waals surface area contributed by atoms with Crippen molar-refractivity contribution in [3.63, 3.8) is 0 Å². The summed E-state index contributed by atoms with van der Waals surface area (Å²) < 4.78 is 0. The van der Waals surface area contributed by atoms with E-state index in [9.17, 15) is 9.90 Å². The van der Waals surface area contributed by atoms with Gasteiger partial charge in [-0.15, -0.1) is 0 Å². The number of imidazole rings is 1. The van der Waals surface area contributed by atoms with Gasteiger partial charge in [-0.1, -0.05) is 31.5 Å². The van der Waals surface area contributed by atoms with E-state index < -0.39 is 6.10 Å². The predicted molar refractivity (Wildman–Crippen MR) is 84.6 cm³/mol. The molecule has 1 aromatic carbocycles. The molecule has 0 aliphatic carbocycles. The van der Waals surface area contributed by atoms with Crippen molar-refractivity contribution in [3.05, 3.63) is 47.5 Å². The third-order valence-corrected chi connectivity index (χ3v) is 4.05. The standard InChI is InChI=1S/C17H21N3O2/c1-3-6-13-10-18-16(19-13)15-9-12-7-4-5-8-14(12)20(15)17(22)11(2)21/h4-5,7-8,10-11,15,21H,3,6,9H2,1-2H3,(H,18,19). The monoisotopic (exact) mass is 299 g/mol. The summed E-state index contributed by atoms with van der Waals surface area (Å²) in [5, 5.41) is 9.74. The highest BCUT2D eigenvalue weighted by Crippen LogP contribution is 2.39. The predicted octanol–water partition coefficient (Wildman–Crippen LogP) is 2.37. The van der Waals surface area contributed by atoms with Gasteiger partial charge in [0.05, 0.1) is 6.04 Å². The molecule has 2 unspecified atom stereocenters. The van der Waals surface area contributed by atoms with Gasteiger partial charge >= 0.3 is 0 Å². The van der Waals surface area contributed by atoms with Crippen LogP contribution in [0.3, 0.4) is 0 Å². The van der Waals surface area contributed by atoms with Crippen LogP contribution in [0.25, 0.3) is 0 Å². The zero-order chi connectivity index (χ0) is 15.7. The van der Waals surface area contributed by atoms with Crippen molar-refractivity contribution in [1.29, 1.82) is 0 Å². The van der Waals surface area contributed by atoms with Crippen LogP contribution in [0.5, 0.6) is 0 Å². The van der Waals surface area contributed by atoms with E-state index in [1.807, 2.05) is 30.5 Å². The lowest BCUT2D eigenvalue weighted by Crippen LogP contribution is -2.39. The maximum absolute atomic E-state index is 12.5. The Bertz CT molecular complexity index is 678. The van der Waals surface area contributed by atoms with Gasteiger partial charge in [-0.25, -0.2) is 4.98 Å². The molecule has 2 N–H and O–H groups in total. The number of hydrogen-bond acceptors (Lipinski definition) is 3. The van der Waals surface area contributed by atoms with Gasteiger partial charge in [0.25, 0.3) is 5.91 Å². The number of amides is 1. The van der Waals surface area contributed by atoms with Crippen LogP contribution in [-0.2, 0) is 17.6 Å². The van der Waals surface area contributed by atoms with Crippen molar-refractivity contribution in [2.24, 2.45) is 0 Å². The number of aliphatic hydroxyl groups is 1. The molecular weight excluding hydrogens is 278 g/mol. The number of anilines is 1. The summed E-state index contributed by atoms with van der Waals surface area (Å²) in [6, 6.07) is 7.65. The lowest BCUT2D eigenvalue weighted by molar-refractivity contribution is -0.126. The lowest BCUT2D eigenvalue weighted by Gasteiger charge is -2.25. The van der Waals surface area contributed by atoms with Crippen LogP contribution in [0.15, 0.2) is 30.5 Å². The molecular formula is C17H21N3O2. The maximum atomic E-state index is 12.5. The molecule has 0 bridgehead atoms. The zero-order valence-corrected chi connectivity index (χ0v) is 12.9. The van der Waals surface area contributed by atoms with E-state index in [0.717, 1.165) is 35.6 Å². The second-order valence-electron chi connectivity index (χ2n) is 5.78. The van der Waals surface area contributed by atoms with Crippen molar-refractivity contribution in [2.75, 3.05) is 4.90 Å². The van der Waals surface area contributed by atoms with E-state index in [1.54, 1.807) is 4.90 Å². The topological polar surface area (TPSA) is 69.2 Å². The number of carbonyl (C=O) groups excluding carboxylic acids is 1. The summed E-state index contributed by atoms with van der Waals surface area (Å²) in [4.78, 5) is 21.9. The number of nitrogens with one attached hydrogen (secondary N) is 1. The van der Waals surface area contributed by atoms with Crippen LogP contribution in [0, 0.1) is 0 Å². The smallest absolute Gasteiger partial charge is 0.256 e. The van der Waals surface area contributed by atoms with Gasteiger partial charge in [0, 0.05) is 24.0 Å². The van der Waals surface area contributed by atoms with Crippen LogP contribution in [0.4, 0.5) is 5.69 Å². The molecule has 0 spiro atoms. The minimum Gasteiger partial charge on any atom is -0.384 e. The first-order chi connectivity index (χ1) is 10.6. The summed E-state index contributed by atoms with van der Waals surface area (Å²) >= 11 is 0. The molecule has 5 heteroatoms. The Hall–Kier alpha value is -2.14. The Morgan fingerprint density at radius 1 is 1.50 bits per heavy atom. The van der Waals surface area contributed by atoms with Crippen molar-refractivity contribution >= 4 is 11.6 Å². The third kappa shape index (κ3) is 2.52. The Morgan fingerprint density at radius 2 is 2.27 bits per heavy atom. The molecule has 0 fully saturated rings. The highest BCUT2D eigenvalue weighted by Gasteiger charge is 2.37. The number of aromatic nitrogens is 2. The number of para-hydroxylation sites is 1. The number of aryl methyl sites for hydroxylation is 1. The van der Waals surface area contributed by atoms with E-state index in [2.05, 4.69) is 16.9 Å². The number of aromatic amines is 1. The minimum absolute atomic E-state index is 0.176. The first kappa shape index (κ1) is 14.8. The van der Waals surface area contributed by atoms with Crippen molar-refractivity contribution < 1.29 is 9.90 Å². The molecule has 1 aliphatic rings. The summed E-state index contributed by atoms with van der Waals surface area (Å²) in [7, 11) is 0. The summed E-state index contributed by atoms with van der Waals surface area (Å²) in [6.45, 7) is 3.63. The molecule has 2 atom stereocenters. The normalized spacial score (nSPS) is 18.3. The Labute approximate surface area is 130 Å². The molecule has 116 valence electrons. The van der Waals surface area contributed by atoms with E-state index >= 15 is 0 Å². The van der Waals surface area contributed by atoms with Crippen LogP contribution in [0.1, 0.15) is 43.4 Å². The second-order valence-corrected chi connectivity index (χ2v) is 5.78. The molecule has 2 heterocycles. The number of H-pyrrole nitrogens is 1. The minimum atomic E-state index is -1.03. The summed E-state index contributed by atoms with van der Waals surface area (Å²) in [5.41, 5.74) is 3.06. The molecule has 3 rings (SSSR count). The van der Waals surface area contributed by atoms with Gasteiger partial charge in [-0.05, 0) is 25.0 Å². The fourth-order valence-electron chi connectivity index (χ4n) is 3.02. The van der Waals surface area contributed by atoms with Crippen LogP contribution in [-0.4, -0.2) is 27.1 Å². The van der Waals surface area contributed by atoms with E-state index in [-0.39, 0.29) is 11.9 Å². The Kier molecular flexibility index (Phi) is 3.98. The number of rotatable bonds is 4. The molecule has 5 nitrogen and oxygen atoms in total. The third-order valence-electron chi connectivity index (χ3n) is 4.05. The number of aliphatic hydroxyl groups excluding tert-OH is 1. The van der Waals surface area contributed by atoms with Crippen molar-refractivity contribution in [1.82, 2.24) is 9.97 Å². The van der Waals surface area contributed by atoms with Crippen molar-refractivity contribution in [2.45, 2.75) is 45.3 Å². The first-order valence-corrected chi connectivity index (χ1v) is 7.74. The molecule has 2 aromatic rings. The lowest BCUT2D eigenvalue weighted by atomic mass is 10.1. The molecule has 22 heavy (non-hydrogen) atoms. The van der Waals surface area contributed by atoms with Gasteiger partial charge in [0.15, 0.2) is 0 Å².